The summed E-state index contributed by atoms with van der Waals surface area (Å²) in [6.07, 6.45) is 2.21. The summed E-state index contributed by atoms with van der Waals surface area (Å²) in [5.41, 5.74) is 0.951. The first-order chi connectivity index (χ1) is 11.3. The molecule has 0 radical (unpaired) electrons. The van der Waals surface area contributed by atoms with Crippen LogP contribution in [0.3, 0.4) is 0 Å². The summed E-state index contributed by atoms with van der Waals surface area (Å²) in [5, 5.41) is 5.57. The summed E-state index contributed by atoms with van der Waals surface area (Å²) in [7, 11) is -1.76. The first kappa shape index (κ1) is 17.1. The zero-order valence-corrected chi connectivity index (χ0v) is 15.0. The van der Waals surface area contributed by atoms with Gasteiger partial charge in [-0.3, -0.25) is 0 Å². The molecule has 0 spiro atoms. The lowest BCUT2D eigenvalue weighted by Gasteiger charge is -2.27. The van der Waals surface area contributed by atoms with Crippen LogP contribution < -0.4 is 10.0 Å². The number of rotatable bonds is 5. The Morgan fingerprint density at radius 3 is 2.42 bits per heavy atom. The number of hydrogen-bond donors (Lipinski definition) is 1. The van der Waals surface area contributed by atoms with Crippen molar-refractivity contribution in [3.8, 4) is 0 Å². The second-order valence-electron chi connectivity index (χ2n) is 6.08. The van der Waals surface area contributed by atoms with E-state index in [1.54, 1.807) is 18.2 Å². The summed E-state index contributed by atoms with van der Waals surface area (Å²) >= 11 is 6.13. The van der Waals surface area contributed by atoms with Gasteiger partial charge in [-0.15, -0.1) is 0 Å². The second kappa shape index (κ2) is 6.31. The molecule has 1 unspecified atom stereocenters. The Morgan fingerprint density at radius 1 is 1.25 bits per heavy atom. The molecule has 1 fully saturated rings. The number of nitrogens with two attached hydrogens (primary N) is 1. The van der Waals surface area contributed by atoms with Crippen LogP contribution in [0.2, 0.25) is 5.15 Å². The number of benzene rings is 1. The van der Waals surface area contributed by atoms with Crippen LogP contribution in [0.15, 0.2) is 35.2 Å². The van der Waals surface area contributed by atoms with E-state index in [-0.39, 0.29) is 10.9 Å². The van der Waals surface area contributed by atoms with Crippen molar-refractivity contribution in [3.63, 3.8) is 0 Å². The van der Waals surface area contributed by atoms with E-state index in [2.05, 4.69) is 9.97 Å². The Hall–Kier alpha value is -1.70. The molecule has 1 saturated carbocycles. The molecule has 1 atom stereocenters. The van der Waals surface area contributed by atoms with Crippen LogP contribution in [0.4, 0.5) is 5.82 Å². The quantitative estimate of drug-likeness (QED) is 0.822. The van der Waals surface area contributed by atoms with Gasteiger partial charge in [0, 0.05) is 19.0 Å². The van der Waals surface area contributed by atoms with Crippen LogP contribution in [0.1, 0.15) is 43.1 Å². The summed E-state index contributed by atoms with van der Waals surface area (Å²) < 4.78 is 22.7. The molecule has 0 amide bonds. The molecule has 1 aromatic carbocycles. The summed E-state index contributed by atoms with van der Waals surface area (Å²) in [4.78, 5) is 11.0. The zero-order valence-electron chi connectivity index (χ0n) is 13.5. The van der Waals surface area contributed by atoms with Crippen LogP contribution in [0.25, 0.3) is 0 Å². The van der Waals surface area contributed by atoms with Gasteiger partial charge in [-0.25, -0.2) is 23.5 Å². The fourth-order valence-electron chi connectivity index (χ4n) is 2.49. The summed E-state index contributed by atoms with van der Waals surface area (Å²) in [5.74, 6) is 1.96. The fourth-order valence-corrected chi connectivity index (χ4v) is 3.19. The minimum Gasteiger partial charge on any atom is -0.353 e. The monoisotopic (exact) mass is 366 g/mol. The smallest absolute Gasteiger partial charge is 0.238 e. The third kappa shape index (κ3) is 3.68. The Balaban J connectivity index is 1.85. The van der Waals surface area contributed by atoms with Crippen molar-refractivity contribution >= 4 is 27.4 Å². The van der Waals surface area contributed by atoms with Gasteiger partial charge in [0.2, 0.25) is 10.0 Å². The van der Waals surface area contributed by atoms with E-state index in [1.807, 2.05) is 18.9 Å². The molecule has 0 aliphatic heterocycles. The van der Waals surface area contributed by atoms with Crippen molar-refractivity contribution in [2.45, 2.75) is 36.6 Å². The molecule has 8 heteroatoms. The number of anilines is 1. The normalized spacial score (nSPS) is 16.0. The maximum Gasteiger partial charge on any atom is 0.238 e. The number of halogens is 1. The van der Waals surface area contributed by atoms with E-state index < -0.39 is 10.0 Å². The van der Waals surface area contributed by atoms with Gasteiger partial charge in [0.1, 0.15) is 16.8 Å². The van der Waals surface area contributed by atoms with Crippen molar-refractivity contribution in [1.29, 1.82) is 0 Å². The van der Waals surface area contributed by atoms with Gasteiger partial charge in [0.05, 0.1) is 10.9 Å². The van der Waals surface area contributed by atoms with Gasteiger partial charge >= 0.3 is 0 Å². The van der Waals surface area contributed by atoms with Gasteiger partial charge in [-0.2, -0.15) is 0 Å². The molecule has 2 aromatic rings. The highest BCUT2D eigenvalue weighted by molar-refractivity contribution is 7.89. The second-order valence-corrected chi connectivity index (χ2v) is 8.03. The van der Waals surface area contributed by atoms with Crippen molar-refractivity contribution in [1.82, 2.24) is 9.97 Å². The van der Waals surface area contributed by atoms with E-state index >= 15 is 0 Å². The average molecular weight is 367 g/mol. The van der Waals surface area contributed by atoms with Crippen molar-refractivity contribution in [2.24, 2.45) is 5.14 Å². The molecule has 3 rings (SSSR count). The zero-order chi connectivity index (χ0) is 17.5. The SMILES string of the molecule is CC(c1ccc(S(N)(=O)=O)cc1)N(C)c1cc(Cl)nc(C2CC2)n1. The molecule has 1 aromatic heterocycles. The third-order valence-electron chi connectivity index (χ3n) is 4.27. The van der Waals surface area contributed by atoms with Gasteiger partial charge in [0.25, 0.3) is 0 Å². The highest BCUT2D eigenvalue weighted by atomic mass is 35.5. The highest BCUT2D eigenvalue weighted by Crippen LogP contribution is 2.39. The molecule has 1 aliphatic carbocycles. The van der Waals surface area contributed by atoms with Crippen LogP contribution in [-0.2, 0) is 10.0 Å². The Bertz CT molecular complexity index is 851. The predicted molar refractivity (Wildman–Crippen MR) is 93.7 cm³/mol. The number of hydrogen-bond acceptors (Lipinski definition) is 5. The van der Waals surface area contributed by atoms with Crippen LogP contribution in [-0.4, -0.2) is 25.4 Å². The Morgan fingerprint density at radius 2 is 1.88 bits per heavy atom. The lowest BCUT2D eigenvalue weighted by Crippen LogP contribution is -2.23. The minimum atomic E-state index is -3.68. The van der Waals surface area contributed by atoms with E-state index in [4.69, 9.17) is 16.7 Å². The molecule has 0 saturated heterocycles. The molecule has 1 heterocycles. The lowest BCUT2D eigenvalue weighted by molar-refractivity contribution is 0.597. The molecule has 24 heavy (non-hydrogen) atoms. The highest BCUT2D eigenvalue weighted by Gasteiger charge is 2.28. The molecule has 6 nitrogen and oxygen atoms in total. The third-order valence-corrected chi connectivity index (χ3v) is 5.40. The predicted octanol–water partition coefficient (Wildman–Crippen LogP) is 2.85. The van der Waals surface area contributed by atoms with Gasteiger partial charge in [0.15, 0.2) is 0 Å². The van der Waals surface area contributed by atoms with Crippen LogP contribution in [0, 0.1) is 0 Å². The van der Waals surface area contributed by atoms with E-state index in [0.717, 1.165) is 30.0 Å². The number of aromatic nitrogens is 2. The Labute approximate surface area is 146 Å². The van der Waals surface area contributed by atoms with Crippen LogP contribution in [0.5, 0.6) is 0 Å². The largest absolute Gasteiger partial charge is 0.353 e. The van der Waals surface area contributed by atoms with E-state index in [9.17, 15) is 8.42 Å². The lowest BCUT2D eigenvalue weighted by atomic mass is 10.1. The summed E-state index contributed by atoms with van der Waals surface area (Å²) in [6.45, 7) is 2.01. The van der Waals surface area contributed by atoms with Gasteiger partial charge in [-0.1, -0.05) is 23.7 Å². The van der Waals surface area contributed by atoms with Crippen molar-refractivity contribution in [2.75, 3.05) is 11.9 Å². The molecule has 128 valence electrons. The maximum atomic E-state index is 11.3. The first-order valence-electron chi connectivity index (χ1n) is 7.66. The van der Waals surface area contributed by atoms with Gasteiger partial charge in [-0.05, 0) is 37.5 Å². The topological polar surface area (TPSA) is 89.2 Å². The molecule has 0 bridgehead atoms. The fraction of sp³-hybridized carbons (Fsp3) is 0.375. The average Bonchev–Trinajstić information content (AvgIpc) is 3.37. The number of nitrogens with zero attached hydrogens (tertiary/aromatic N) is 3. The molecular formula is C16H19ClN4O2S. The molecule has 2 N–H and O–H groups in total. The minimum absolute atomic E-state index is 0.0162. The number of primary sulfonamides is 1. The summed E-state index contributed by atoms with van der Waals surface area (Å²) in [6, 6.07) is 8.26. The van der Waals surface area contributed by atoms with E-state index in [0.29, 0.717) is 11.1 Å². The number of sulfonamides is 1. The molecule has 1 aliphatic rings. The first-order valence-corrected chi connectivity index (χ1v) is 9.58. The van der Waals surface area contributed by atoms with Crippen molar-refractivity contribution in [3.05, 3.63) is 46.9 Å². The maximum absolute atomic E-state index is 11.3. The van der Waals surface area contributed by atoms with Gasteiger partial charge < -0.3 is 4.90 Å². The molecular weight excluding hydrogens is 348 g/mol. The van der Waals surface area contributed by atoms with Crippen LogP contribution >= 0.6 is 11.6 Å². The van der Waals surface area contributed by atoms with E-state index in [1.165, 1.54) is 12.1 Å². The standard InChI is InChI=1S/C16H19ClN4O2S/c1-10(11-5-7-13(8-6-11)24(18,22)23)21(2)15-9-14(17)19-16(20-15)12-3-4-12/h5-10,12H,3-4H2,1-2H3,(H2,18,22,23). The van der Waals surface area contributed by atoms with Crippen molar-refractivity contribution < 1.29 is 8.42 Å². The Kier molecular flexibility index (Phi) is 4.50.